The number of hydrogen-bond acceptors (Lipinski definition) is 5. The predicted molar refractivity (Wildman–Crippen MR) is 65.1 cm³/mol. The molecule has 0 spiro atoms. The zero-order chi connectivity index (χ0) is 13.0. The van der Waals surface area contributed by atoms with Crippen molar-refractivity contribution >= 4 is 21.2 Å². The molecule has 5 nitrogen and oxygen atoms in total. The largest absolute Gasteiger partial charge is 1.00 e. The Kier molecular flexibility index (Phi) is 6.25. The summed E-state index contributed by atoms with van der Waals surface area (Å²) in [5, 5.41) is 1.94. The second kappa shape index (κ2) is 7.23. The molecule has 96 valence electrons. The summed E-state index contributed by atoms with van der Waals surface area (Å²) in [5.41, 5.74) is 0. The van der Waals surface area contributed by atoms with Gasteiger partial charge in [0.15, 0.2) is 0 Å². The maximum absolute atomic E-state index is 10.2. The first kappa shape index (κ1) is 16.4. The van der Waals surface area contributed by atoms with E-state index in [0.717, 1.165) is 10.8 Å². The minimum atomic E-state index is -4.65. The summed E-state index contributed by atoms with van der Waals surface area (Å²) >= 11 is 0. The van der Waals surface area contributed by atoms with E-state index in [1.54, 1.807) is 6.07 Å². The zero-order valence-electron chi connectivity index (χ0n) is 10.4. The van der Waals surface area contributed by atoms with Gasteiger partial charge < -0.3 is 9.29 Å². The molecule has 0 N–H and O–H groups in total. The van der Waals surface area contributed by atoms with Crippen molar-refractivity contribution in [3.63, 3.8) is 0 Å². The first-order valence-electron chi connectivity index (χ1n) is 5.27. The van der Waals surface area contributed by atoms with Gasteiger partial charge in [0, 0.05) is 5.39 Å². The van der Waals surface area contributed by atoms with Gasteiger partial charge >= 0.3 is 29.6 Å². The van der Waals surface area contributed by atoms with Gasteiger partial charge in [0.1, 0.15) is 12.4 Å². The summed E-state index contributed by atoms with van der Waals surface area (Å²) in [6.07, 6.45) is 0. The van der Waals surface area contributed by atoms with Crippen LogP contribution in [-0.2, 0) is 14.6 Å². The molecular formula is C12H11NaO5S. The Hall–Kier alpha value is -0.630. The molecule has 0 heterocycles. The van der Waals surface area contributed by atoms with E-state index in [2.05, 4.69) is 4.18 Å². The first-order chi connectivity index (χ1) is 8.56. The molecule has 7 heteroatoms. The molecule has 2 rings (SSSR count). The van der Waals surface area contributed by atoms with Gasteiger partial charge in [-0.1, -0.05) is 36.4 Å². The molecule has 0 amide bonds. The topological polar surface area (TPSA) is 75.7 Å². The SMILES string of the molecule is O=S(=O)([O-])OCCOc1cccc2ccccc12.[Na+]. The van der Waals surface area contributed by atoms with Crippen LogP contribution in [0, 0.1) is 0 Å². The molecule has 0 aliphatic carbocycles. The van der Waals surface area contributed by atoms with Crippen molar-refractivity contribution in [2.24, 2.45) is 0 Å². The molecule has 0 bridgehead atoms. The normalized spacial score (nSPS) is 11.0. The molecular weight excluding hydrogens is 279 g/mol. The van der Waals surface area contributed by atoms with Crippen LogP contribution in [-0.4, -0.2) is 26.2 Å². The average Bonchev–Trinajstić information content (AvgIpc) is 2.33. The molecule has 0 aliphatic rings. The van der Waals surface area contributed by atoms with E-state index in [9.17, 15) is 13.0 Å². The number of ether oxygens (including phenoxy) is 1. The van der Waals surface area contributed by atoms with Crippen LogP contribution in [0.25, 0.3) is 10.8 Å². The standard InChI is InChI=1S/C12H12O5S.Na/c13-18(14,15)17-9-8-16-12-7-3-5-10-4-1-2-6-11(10)12;/h1-7H,8-9H2,(H,13,14,15);/q;+1/p-1. The zero-order valence-corrected chi connectivity index (χ0v) is 13.2. The number of benzene rings is 2. The van der Waals surface area contributed by atoms with Crippen molar-refractivity contribution in [2.45, 2.75) is 0 Å². The van der Waals surface area contributed by atoms with E-state index in [4.69, 9.17) is 4.74 Å². The maximum Gasteiger partial charge on any atom is 1.00 e. The van der Waals surface area contributed by atoms with Crippen LogP contribution in [0.5, 0.6) is 5.75 Å². The molecule has 0 atom stereocenters. The fourth-order valence-corrected chi connectivity index (χ4v) is 1.88. The van der Waals surface area contributed by atoms with Crippen molar-refractivity contribution < 1.29 is 51.4 Å². The third-order valence-corrected chi connectivity index (χ3v) is 2.77. The van der Waals surface area contributed by atoms with Crippen LogP contribution in [0.4, 0.5) is 0 Å². The Morgan fingerprint density at radius 1 is 1.00 bits per heavy atom. The number of fused-ring (bicyclic) bond motifs is 1. The Balaban J connectivity index is 0.00000180. The third kappa shape index (κ3) is 5.10. The van der Waals surface area contributed by atoms with Crippen LogP contribution >= 0.6 is 0 Å². The molecule has 2 aromatic carbocycles. The maximum atomic E-state index is 10.2. The monoisotopic (exact) mass is 290 g/mol. The van der Waals surface area contributed by atoms with E-state index < -0.39 is 10.4 Å². The van der Waals surface area contributed by atoms with Crippen molar-refractivity contribution in [2.75, 3.05) is 13.2 Å². The van der Waals surface area contributed by atoms with Gasteiger partial charge in [0.2, 0.25) is 10.4 Å². The summed E-state index contributed by atoms with van der Waals surface area (Å²) in [4.78, 5) is 0. The smallest absolute Gasteiger partial charge is 0.726 e. The van der Waals surface area contributed by atoms with E-state index >= 15 is 0 Å². The van der Waals surface area contributed by atoms with Gasteiger partial charge in [-0.15, -0.1) is 0 Å². The second-order valence-electron chi connectivity index (χ2n) is 3.56. The molecule has 0 radical (unpaired) electrons. The van der Waals surface area contributed by atoms with Gasteiger partial charge in [-0.05, 0) is 11.5 Å². The van der Waals surface area contributed by atoms with Gasteiger partial charge in [-0.2, -0.15) is 0 Å². The van der Waals surface area contributed by atoms with Gasteiger partial charge in [0.05, 0.1) is 6.61 Å². The van der Waals surface area contributed by atoms with Crippen molar-refractivity contribution in [1.82, 2.24) is 0 Å². The molecule has 0 saturated heterocycles. The van der Waals surface area contributed by atoms with E-state index in [1.807, 2.05) is 36.4 Å². The Morgan fingerprint density at radius 3 is 2.42 bits per heavy atom. The van der Waals surface area contributed by atoms with Crippen LogP contribution in [0.1, 0.15) is 0 Å². The molecule has 0 unspecified atom stereocenters. The summed E-state index contributed by atoms with van der Waals surface area (Å²) in [5.74, 6) is 0.625. The average molecular weight is 290 g/mol. The van der Waals surface area contributed by atoms with Crippen molar-refractivity contribution in [3.8, 4) is 5.75 Å². The third-order valence-electron chi connectivity index (χ3n) is 2.32. The molecule has 0 saturated carbocycles. The fourth-order valence-electron chi connectivity index (χ4n) is 1.61. The second-order valence-corrected chi connectivity index (χ2v) is 4.61. The summed E-state index contributed by atoms with van der Waals surface area (Å²) in [6.45, 7) is -0.301. The predicted octanol–water partition coefficient (Wildman–Crippen LogP) is -1.30. The quantitative estimate of drug-likeness (QED) is 0.296. The van der Waals surface area contributed by atoms with Crippen LogP contribution in [0.15, 0.2) is 42.5 Å². The van der Waals surface area contributed by atoms with E-state index in [-0.39, 0.29) is 42.8 Å². The summed E-state index contributed by atoms with van der Waals surface area (Å²) in [7, 11) is -4.65. The molecule has 19 heavy (non-hydrogen) atoms. The molecule has 2 aromatic rings. The van der Waals surface area contributed by atoms with Gasteiger partial charge in [0.25, 0.3) is 0 Å². The van der Waals surface area contributed by atoms with Crippen LogP contribution < -0.4 is 34.3 Å². The van der Waals surface area contributed by atoms with Crippen LogP contribution in [0.3, 0.4) is 0 Å². The van der Waals surface area contributed by atoms with Crippen molar-refractivity contribution in [1.29, 1.82) is 0 Å². The van der Waals surface area contributed by atoms with E-state index in [0.29, 0.717) is 5.75 Å². The molecule has 0 fully saturated rings. The fraction of sp³-hybridized carbons (Fsp3) is 0.167. The summed E-state index contributed by atoms with van der Waals surface area (Å²) < 4.78 is 40.1. The molecule has 0 aliphatic heterocycles. The van der Waals surface area contributed by atoms with Gasteiger partial charge in [-0.25, -0.2) is 8.42 Å². The first-order valence-corrected chi connectivity index (χ1v) is 6.60. The number of hydrogen-bond donors (Lipinski definition) is 0. The Bertz CT molecular complexity index is 636. The minimum Gasteiger partial charge on any atom is -0.726 e. The van der Waals surface area contributed by atoms with Gasteiger partial charge in [-0.3, -0.25) is 4.18 Å². The van der Waals surface area contributed by atoms with Crippen molar-refractivity contribution in [3.05, 3.63) is 42.5 Å². The van der Waals surface area contributed by atoms with Crippen LogP contribution in [0.2, 0.25) is 0 Å². The minimum absolute atomic E-state index is 0. The Labute approximate surface area is 133 Å². The molecule has 0 aromatic heterocycles. The Morgan fingerprint density at radius 2 is 1.68 bits per heavy atom. The summed E-state index contributed by atoms with van der Waals surface area (Å²) in [6, 6.07) is 13.2. The number of rotatable bonds is 5. The van der Waals surface area contributed by atoms with E-state index in [1.165, 1.54) is 0 Å².